The van der Waals surface area contributed by atoms with Crippen molar-refractivity contribution >= 4 is 5.91 Å². The van der Waals surface area contributed by atoms with Gasteiger partial charge in [-0.25, -0.2) is 0 Å². The fourth-order valence-electron chi connectivity index (χ4n) is 2.04. The first-order valence-electron chi connectivity index (χ1n) is 6.26. The van der Waals surface area contributed by atoms with Gasteiger partial charge in [-0.05, 0) is 32.4 Å². The van der Waals surface area contributed by atoms with Crippen LogP contribution in [0.5, 0.6) is 0 Å². The largest absolute Gasteiger partial charge is 0.353 e. The molecule has 1 rings (SSSR count). The zero-order valence-electron chi connectivity index (χ0n) is 10.7. The highest BCUT2D eigenvalue weighted by molar-refractivity contribution is 5.81. The molecule has 0 aromatic carbocycles. The molecular weight excluding hydrogens is 202 g/mol. The predicted octanol–water partition coefficient (Wildman–Crippen LogP) is 0.570. The molecule has 1 aliphatic heterocycles. The molecule has 0 radical (unpaired) electrons. The zero-order chi connectivity index (χ0) is 12.1. The molecule has 1 unspecified atom stereocenters. The molecular formula is C12H25N3O. The van der Waals surface area contributed by atoms with Crippen molar-refractivity contribution < 1.29 is 4.79 Å². The molecule has 0 aromatic heterocycles. The van der Waals surface area contributed by atoms with Crippen LogP contribution in [0.1, 0.15) is 33.1 Å². The lowest BCUT2D eigenvalue weighted by Gasteiger charge is -2.32. The van der Waals surface area contributed by atoms with Crippen molar-refractivity contribution in [3.05, 3.63) is 0 Å². The van der Waals surface area contributed by atoms with Gasteiger partial charge in [0.25, 0.3) is 0 Å². The number of amides is 1. The van der Waals surface area contributed by atoms with E-state index in [-0.39, 0.29) is 17.9 Å². The van der Waals surface area contributed by atoms with Crippen LogP contribution in [0.25, 0.3) is 0 Å². The number of hydrogen-bond acceptors (Lipinski definition) is 3. The second-order valence-electron chi connectivity index (χ2n) is 5.15. The molecule has 0 bridgehead atoms. The van der Waals surface area contributed by atoms with Crippen LogP contribution in [0, 0.1) is 5.92 Å². The zero-order valence-corrected chi connectivity index (χ0v) is 10.7. The molecule has 16 heavy (non-hydrogen) atoms. The average Bonchev–Trinajstić information content (AvgIpc) is 2.26. The summed E-state index contributed by atoms with van der Waals surface area (Å²) in [6.07, 6.45) is 3.71. The average molecular weight is 227 g/mol. The number of piperidine rings is 1. The minimum Gasteiger partial charge on any atom is -0.353 e. The molecule has 4 heteroatoms. The summed E-state index contributed by atoms with van der Waals surface area (Å²) in [6.45, 7) is 5.81. The molecule has 1 amide bonds. The van der Waals surface area contributed by atoms with E-state index in [0.29, 0.717) is 6.04 Å². The second kappa shape index (κ2) is 6.21. The summed E-state index contributed by atoms with van der Waals surface area (Å²) in [5.41, 5.74) is 5.78. The van der Waals surface area contributed by atoms with Crippen LogP contribution in [0.3, 0.4) is 0 Å². The first-order chi connectivity index (χ1) is 7.52. The number of rotatable bonds is 4. The van der Waals surface area contributed by atoms with Gasteiger partial charge in [0.1, 0.15) is 0 Å². The summed E-state index contributed by atoms with van der Waals surface area (Å²) >= 11 is 0. The maximum absolute atomic E-state index is 11.7. The van der Waals surface area contributed by atoms with Crippen LogP contribution < -0.4 is 11.1 Å². The first-order valence-corrected chi connectivity index (χ1v) is 6.26. The number of carbonyl (C=O) groups excluding carboxylic acids is 1. The predicted molar refractivity (Wildman–Crippen MR) is 66.1 cm³/mol. The SMILES string of the molecule is CC(C)C(N)C(=O)NC[C@@H]1CCCCN1C. The maximum Gasteiger partial charge on any atom is 0.237 e. The van der Waals surface area contributed by atoms with Crippen molar-refractivity contribution in [2.45, 2.75) is 45.2 Å². The molecule has 1 saturated heterocycles. The normalized spacial score (nSPS) is 24.4. The number of likely N-dealkylation sites (N-methyl/N-ethyl adjacent to an activating group) is 1. The minimum atomic E-state index is -0.381. The molecule has 4 nitrogen and oxygen atoms in total. The Labute approximate surface area is 98.6 Å². The van der Waals surface area contributed by atoms with Crippen LogP contribution in [-0.2, 0) is 4.79 Å². The summed E-state index contributed by atoms with van der Waals surface area (Å²) < 4.78 is 0. The lowest BCUT2D eigenvalue weighted by Crippen LogP contribution is -2.49. The van der Waals surface area contributed by atoms with Crippen LogP contribution in [-0.4, -0.2) is 43.0 Å². The Morgan fingerprint density at radius 3 is 2.75 bits per heavy atom. The fraction of sp³-hybridized carbons (Fsp3) is 0.917. The van der Waals surface area contributed by atoms with Crippen molar-refractivity contribution in [1.29, 1.82) is 0 Å². The van der Waals surface area contributed by atoms with E-state index < -0.39 is 0 Å². The summed E-state index contributed by atoms with van der Waals surface area (Å²) in [7, 11) is 2.12. The Morgan fingerprint density at radius 2 is 2.19 bits per heavy atom. The van der Waals surface area contributed by atoms with Crippen molar-refractivity contribution in [1.82, 2.24) is 10.2 Å². The smallest absolute Gasteiger partial charge is 0.237 e. The number of nitrogens with two attached hydrogens (primary N) is 1. The molecule has 2 atom stereocenters. The number of nitrogens with zero attached hydrogens (tertiary/aromatic N) is 1. The van der Waals surface area contributed by atoms with E-state index in [4.69, 9.17) is 5.73 Å². The molecule has 1 aliphatic rings. The van der Waals surface area contributed by atoms with Gasteiger partial charge in [0.2, 0.25) is 5.91 Å². The third-order valence-corrected chi connectivity index (χ3v) is 3.45. The summed E-state index contributed by atoms with van der Waals surface area (Å²) in [5, 5.41) is 2.96. The van der Waals surface area contributed by atoms with Gasteiger partial charge in [-0.3, -0.25) is 4.79 Å². The van der Waals surface area contributed by atoms with Gasteiger partial charge in [-0.1, -0.05) is 20.3 Å². The molecule has 0 saturated carbocycles. The number of hydrogen-bond donors (Lipinski definition) is 2. The molecule has 0 spiro atoms. The Kier molecular flexibility index (Phi) is 5.22. The van der Waals surface area contributed by atoms with Gasteiger partial charge >= 0.3 is 0 Å². The van der Waals surface area contributed by atoms with Gasteiger partial charge in [-0.15, -0.1) is 0 Å². The molecule has 0 aromatic rings. The Bertz CT molecular complexity index is 230. The van der Waals surface area contributed by atoms with E-state index in [2.05, 4.69) is 17.3 Å². The second-order valence-corrected chi connectivity index (χ2v) is 5.15. The molecule has 1 fully saturated rings. The highest BCUT2D eigenvalue weighted by Crippen LogP contribution is 2.14. The third kappa shape index (κ3) is 3.76. The van der Waals surface area contributed by atoms with Crippen LogP contribution in [0.15, 0.2) is 0 Å². The van der Waals surface area contributed by atoms with E-state index in [0.717, 1.165) is 13.1 Å². The van der Waals surface area contributed by atoms with Crippen LogP contribution in [0.4, 0.5) is 0 Å². The van der Waals surface area contributed by atoms with Gasteiger partial charge in [0.15, 0.2) is 0 Å². The van der Waals surface area contributed by atoms with E-state index in [1.54, 1.807) is 0 Å². The summed E-state index contributed by atoms with van der Waals surface area (Å²) in [6, 6.07) is 0.103. The van der Waals surface area contributed by atoms with Crippen molar-refractivity contribution in [2.75, 3.05) is 20.1 Å². The third-order valence-electron chi connectivity index (χ3n) is 3.45. The lowest BCUT2D eigenvalue weighted by molar-refractivity contribution is -0.123. The first kappa shape index (κ1) is 13.5. The lowest BCUT2D eigenvalue weighted by atomic mass is 10.0. The Hall–Kier alpha value is -0.610. The van der Waals surface area contributed by atoms with Crippen molar-refractivity contribution in [3.63, 3.8) is 0 Å². The maximum atomic E-state index is 11.7. The van der Waals surface area contributed by atoms with Crippen molar-refractivity contribution in [3.8, 4) is 0 Å². The van der Waals surface area contributed by atoms with Gasteiger partial charge in [0, 0.05) is 12.6 Å². The highest BCUT2D eigenvalue weighted by Gasteiger charge is 2.21. The summed E-state index contributed by atoms with van der Waals surface area (Å²) in [5.74, 6) is 0.179. The van der Waals surface area contributed by atoms with E-state index >= 15 is 0 Å². The van der Waals surface area contributed by atoms with E-state index in [9.17, 15) is 4.79 Å². The summed E-state index contributed by atoms with van der Waals surface area (Å²) in [4.78, 5) is 14.0. The molecule has 1 heterocycles. The quantitative estimate of drug-likeness (QED) is 0.738. The topological polar surface area (TPSA) is 58.4 Å². The standard InChI is InChI=1S/C12H25N3O/c1-9(2)11(13)12(16)14-8-10-6-4-5-7-15(10)3/h9-11H,4-8,13H2,1-3H3,(H,14,16)/t10-,11?/m0/s1. The minimum absolute atomic E-state index is 0.0195. The van der Waals surface area contributed by atoms with Crippen LogP contribution >= 0.6 is 0 Å². The fourth-order valence-corrected chi connectivity index (χ4v) is 2.04. The van der Waals surface area contributed by atoms with Gasteiger partial charge < -0.3 is 16.0 Å². The van der Waals surface area contributed by atoms with E-state index in [1.165, 1.54) is 19.3 Å². The van der Waals surface area contributed by atoms with Gasteiger partial charge in [0.05, 0.1) is 6.04 Å². The Balaban J connectivity index is 2.30. The van der Waals surface area contributed by atoms with Gasteiger partial charge in [-0.2, -0.15) is 0 Å². The molecule has 0 aliphatic carbocycles. The molecule has 94 valence electrons. The van der Waals surface area contributed by atoms with Crippen molar-refractivity contribution in [2.24, 2.45) is 11.7 Å². The molecule has 3 N–H and O–H groups in total. The van der Waals surface area contributed by atoms with E-state index in [1.807, 2.05) is 13.8 Å². The van der Waals surface area contributed by atoms with Crippen LogP contribution in [0.2, 0.25) is 0 Å². The highest BCUT2D eigenvalue weighted by atomic mass is 16.2. The number of nitrogens with one attached hydrogen (secondary N) is 1. The monoisotopic (exact) mass is 227 g/mol. The Morgan fingerprint density at radius 1 is 1.50 bits per heavy atom. The number of likely N-dealkylation sites (tertiary alicyclic amines) is 1. The number of carbonyl (C=O) groups is 1.